The SMILES string of the molecule is Cc1cc(O)cc(C)c1S(=O)(=O)N(C)CCC(=O)O. The summed E-state index contributed by atoms with van der Waals surface area (Å²) >= 11 is 0. The Bertz CT molecular complexity index is 571. The van der Waals surface area contributed by atoms with Crippen LogP contribution in [0.2, 0.25) is 0 Å². The van der Waals surface area contributed by atoms with E-state index in [0.717, 1.165) is 4.31 Å². The van der Waals surface area contributed by atoms with E-state index in [1.54, 1.807) is 13.8 Å². The van der Waals surface area contributed by atoms with Crippen molar-refractivity contribution < 1.29 is 23.4 Å². The lowest BCUT2D eigenvalue weighted by Crippen LogP contribution is -2.30. The maximum Gasteiger partial charge on any atom is 0.304 e. The number of carboxylic acids is 1. The van der Waals surface area contributed by atoms with Crippen LogP contribution in [0.1, 0.15) is 17.5 Å². The summed E-state index contributed by atoms with van der Waals surface area (Å²) in [7, 11) is -2.42. The monoisotopic (exact) mass is 287 g/mol. The van der Waals surface area contributed by atoms with Crippen molar-refractivity contribution in [1.29, 1.82) is 0 Å². The van der Waals surface area contributed by atoms with Crippen molar-refractivity contribution in [2.24, 2.45) is 0 Å². The topological polar surface area (TPSA) is 94.9 Å². The van der Waals surface area contributed by atoms with Gasteiger partial charge in [-0.3, -0.25) is 4.79 Å². The zero-order valence-electron chi connectivity index (χ0n) is 11.0. The van der Waals surface area contributed by atoms with E-state index in [1.165, 1.54) is 19.2 Å². The van der Waals surface area contributed by atoms with Gasteiger partial charge in [-0.05, 0) is 37.1 Å². The van der Waals surface area contributed by atoms with Gasteiger partial charge in [-0.1, -0.05) is 0 Å². The van der Waals surface area contributed by atoms with Crippen LogP contribution in [0.3, 0.4) is 0 Å². The van der Waals surface area contributed by atoms with Crippen LogP contribution in [0, 0.1) is 13.8 Å². The van der Waals surface area contributed by atoms with E-state index in [2.05, 4.69) is 0 Å². The van der Waals surface area contributed by atoms with Crippen LogP contribution in [-0.4, -0.2) is 42.5 Å². The first-order valence-electron chi connectivity index (χ1n) is 5.64. The predicted molar refractivity (Wildman–Crippen MR) is 69.6 cm³/mol. The van der Waals surface area contributed by atoms with E-state index < -0.39 is 16.0 Å². The van der Waals surface area contributed by atoms with E-state index in [-0.39, 0.29) is 23.6 Å². The molecule has 0 saturated heterocycles. The average Bonchev–Trinajstić information content (AvgIpc) is 2.23. The number of carbonyl (C=O) groups is 1. The standard InChI is InChI=1S/C12H17NO5S/c1-8-6-10(14)7-9(2)12(8)19(17,18)13(3)5-4-11(15)16/h6-7,14H,4-5H2,1-3H3,(H,15,16). The molecule has 106 valence electrons. The smallest absolute Gasteiger partial charge is 0.304 e. The zero-order valence-corrected chi connectivity index (χ0v) is 11.9. The fourth-order valence-electron chi connectivity index (χ4n) is 1.86. The van der Waals surface area contributed by atoms with Crippen molar-refractivity contribution in [2.75, 3.05) is 13.6 Å². The van der Waals surface area contributed by atoms with E-state index in [0.29, 0.717) is 11.1 Å². The van der Waals surface area contributed by atoms with Crippen LogP contribution < -0.4 is 0 Å². The number of phenols is 1. The Morgan fingerprint density at radius 3 is 2.16 bits per heavy atom. The van der Waals surface area contributed by atoms with Gasteiger partial charge in [0.05, 0.1) is 11.3 Å². The maximum absolute atomic E-state index is 12.3. The summed E-state index contributed by atoms with van der Waals surface area (Å²) < 4.78 is 25.7. The summed E-state index contributed by atoms with van der Waals surface area (Å²) in [6, 6.07) is 2.73. The van der Waals surface area contributed by atoms with Crippen molar-refractivity contribution in [1.82, 2.24) is 4.31 Å². The first-order valence-corrected chi connectivity index (χ1v) is 7.08. The highest BCUT2D eigenvalue weighted by molar-refractivity contribution is 7.89. The van der Waals surface area contributed by atoms with Crippen molar-refractivity contribution in [3.8, 4) is 5.75 Å². The number of carboxylic acid groups (broad SMARTS) is 1. The highest BCUT2D eigenvalue weighted by Crippen LogP contribution is 2.27. The molecule has 0 aliphatic rings. The number of aliphatic carboxylic acids is 1. The number of aromatic hydroxyl groups is 1. The average molecular weight is 287 g/mol. The molecule has 0 bridgehead atoms. The van der Waals surface area contributed by atoms with Gasteiger partial charge in [0, 0.05) is 13.6 Å². The van der Waals surface area contributed by atoms with Crippen LogP contribution in [0.4, 0.5) is 0 Å². The van der Waals surface area contributed by atoms with Gasteiger partial charge in [0.1, 0.15) is 5.75 Å². The number of phenolic OH excluding ortho intramolecular Hbond substituents is 1. The molecule has 0 unspecified atom stereocenters. The third kappa shape index (κ3) is 3.45. The molecule has 1 aromatic carbocycles. The first-order chi connectivity index (χ1) is 8.66. The minimum absolute atomic E-state index is 0.00198. The lowest BCUT2D eigenvalue weighted by molar-refractivity contribution is -0.137. The molecule has 0 heterocycles. The van der Waals surface area contributed by atoms with Crippen molar-refractivity contribution in [3.63, 3.8) is 0 Å². The van der Waals surface area contributed by atoms with Crippen LogP contribution >= 0.6 is 0 Å². The number of hydrogen-bond acceptors (Lipinski definition) is 4. The molecule has 0 atom stereocenters. The highest BCUT2D eigenvalue weighted by Gasteiger charge is 2.25. The van der Waals surface area contributed by atoms with Crippen LogP contribution in [-0.2, 0) is 14.8 Å². The summed E-state index contributed by atoms with van der Waals surface area (Å²) in [5.41, 5.74) is 0.861. The molecule has 6 nitrogen and oxygen atoms in total. The molecule has 7 heteroatoms. The molecule has 0 radical (unpaired) electrons. The zero-order chi connectivity index (χ0) is 14.8. The molecule has 0 fully saturated rings. The predicted octanol–water partition coefficient (Wildman–Crippen LogP) is 1.10. The van der Waals surface area contributed by atoms with Gasteiger partial charge >= 0.3 is 5.97 Å². The van der Waals surface area contributed by atoms with Gasteiger partial charge in [-0.15, -0.1) is 0 Å². The number of hydrogen-bond donors (Lipinski definition) is 2. The molecule has 1 aromatic rings. The second kappa shape index (κ2) is 5.58. The van der Waals surface area contributed by atoms with Crippen molar-refractivity contribution in [2.45, 2.75) is 25.2 Å². The molecule has 1 rings (SSSR count). The molecular formula is C12H17NO5S. The van der Waals surface area contributed by atoms with E-state index >= 15 is 0 Å². The quantitative estimate of drug-likeness (QED) is 0.845. The van der Waals surface area contributed by atoms with Gasteiger partial charge in [0.2, 0.25) is 10.0 Å². The van der Waals surface area contributed by atoms with Gasteiger partial charge in [0.15, 0.2) is 0 Å². The minimum atomic E-state index is -3.75. The van der Waals surface area contributed by atoms with Crippen LogP contribution in [0.15, 0.2) is 17.0 Å². The summed E-state index contributed by atoms with van der Waals surface area (Å²) in [4.78, 5) is 10.6. The Labute approximate surface area is 112 Å². The molecule has 19 heavy (non-hydrogen) atoms. The molecule has 2 N–H and O–H groups in total. The first kappa shape index (κ1) is 15.5. The second-order valence-electron chi connectivity index (χ2n) is 4.38. The van der Waals surface area contributed by atoms with E-state index in [1.807, 2.05) is 0 Å². The minimum Gasteiger partial charge on any atom is -0.508 e. The number of benzene rings is 1. The number of rotatable bonds is 5. The normalized spacial score (nSPS) is 11.8. The lowest BCUT2D eigenvalue weighted by atomic mass is 10.1. The molecule has 0 aliphatic heterocycles. The van der Waals surface area contributed by atoms with E-state index in [9.17, 15) is 18.3 Å². The largest absolute Gasteiger partial charge is 0.508 e. The maximum atomic E-state index is 12.3. The third-order valence-electron chi connectivity index (χ3n) is 2.75. The number of aryl methyl sites for hydroxylation is 2. The Balaban J connectivity index is 3.17. The fraction of sp³-hybridized carbons (Fsp3) is 0.417. The summed E-state index contributed by atoms with van der Waals surface area (Å²) in [6.45, 7) is 3.08. The van der Waals surface area contributed by atoms with Gasteiger partial charge in [-0.25, -0.2) is 12.7 Å². The second-order valence-corrected chi connectivity index (χ2v) is 6.36. The van der Waals surface area contributed by atoms with Gasteiger partial charge in [-0.2, -0.15) is 0 Å². The lowest BCUT2D eigenvalue weighted by Gasteiger charge is -2.19. The Hall–Kier alpha value is -1.60. The number of sulfonamides is 1. The summed E-state index contributed by atoms with van der Waals surface area (Å²) in [5.74, 6) is -1.05. The van der Waals surface area contributed by atoms with E-state index in [4.69, 9.17) is 5.11 Å². The number of nitrogens with zero attached hydrogens (tertiary/aromatic N) is 1. The molecule has 0 amide bonds. The Morgan fingerprint density at radius 2 is 1.74 bits per heavy atom. The Morgan fingerprint density at radius 1 is 1.26 bits per heavy atom. The van der Waals surface area contributed by atoms with Crippen LogP contribution in [0.5, 0.6) is 5.75 Å². The molecular weight excluding hydrogens is 270 g/mol. The molecule has 0 spiro atoms. The fourth-order valence-corrected chi connectivity index (χ4v) is 3.44. The summed E-state index contributed by atoms with van der Waals surface area (Å²) in [6.07, 6.45) is -0.258. The molecule has 0 aromatic heterocycles. The molecule has 0 saturated carbocycles. The highest BCUT2D eigenvalue weighted by atomic mass is 32.2. The van der Waals surface area contributed by atoms with Crippen molar-refractivity contribution in [3.05, 3.63) is 23.3 Å². The third-order valence-corrected chi connectivity index (χ3v) is 4.92. The van der Waals surface area contributed by atoms with Crippen molar-refractivity contribution >= 4 is 16.0 Å². The van der Waals surface area contributed by atoms with Crippen LogP contribution in [0.25, 0.3) is 0 Å². The Kier molecular flexibility index (Phi) is 4.54. The van der Waals surface area contributed by atoms with Gasteiger partial charge in [0.25, 0.3) is 0 Å². The van der Waals surface area contributed by atoms with Gasteiger partial charge < -0.3 is 10.2 Å². The summed E-state index contributed by atoms with van der Waals surface area (Å²) in [5, 5.41) is 18.0. The molecule has 0 aliphatic carbocycles.